The minimum atomic E-state index is 0.389. The lowest BCUT2D eigenvalue weighted by Gasteiger charge is -2.29. The van der Waals surface area contributed by atoms with E-state index in [0.717, 1.165) is 17.8 Å². The number of nitrogen functional groups attached to an aromatic ring is 1. The van der Waals surface area contributed by atoms with Crippen LogP contribution in [0.25, 0.3) is 0 Å². The van der Waals surface area contributed by atoms with E-state index < -0.39 is 0 Å². The molecule has 6 nitrogen and oxygen atoms in total. The van der Waals surface area contributed by atoms with E-state index in [2.05, 4.69) is 27.6 Å². The van der Waals surface area contributed by atoms with Crippen LogP contribution in [0, 0.1) is 17.8 Å². The number of hydrogen-bond donors (Lipinski definition) is 3. The first-order chi connectivity index (χ1) is 9.72. The van der Waals surface area contributed by atoms with Crippen molar-refractivity contribution in [3.63, 3.8) is 0 Å². The molecule has 20 heavy (non-hydrogen) atoms. The number of hydrazine groups is 1. The number of rotatable bonds is 5. The Labute approximate surface area is 119 Å². The standard InChI is InChI=1S/C14H23N5O/c1-8(11-6-9-3-4-10(11)5-9)18-13-12(20-2)14(19-15)17-7-16-13/h7-11H,3-6,15H2,1-2H3,(H2,16,17,18,19). The number of hydrogen-bond acceptors (Lipinski definition) is 6. The van der Waals surface area contributed by atoms with Crippen molar-refractivity contribution in [2.75, 3.05) is 17.9 Å². The quantitative estimate of drug-likeness (QED) is 0.564. The van der Waals surface area contributed by atoms with Gasteiger partial charge in [0.15, 0.2) is 11.6 Å². The molecule has 2 saturated carbocycles. The molecule has 0 radical (unpaired) electrons. The molecule has 0 aliphatic heterocycles. The van der Waals surface area contributed by atoms with Gasteiger partial charge in [0, 0.05) is 6.04 Å². The lowest BCUT2D eigenvalue weighted by Crippen LogP contribution is -2.30. The topological polar surface area (TPSA) is 85.1 Å². The number of methoxy groups -OCH3 is 1. The fourth-order valence-electron chi connectivity index (χ4n) is 4.00. The molecule has 0 amide bonds. The maximum absolute atomic E-state index is 5.45. The lowest BCUT2D eigenvalue weighted by atomic mass is 9.84. The molecule has 3 rings (SSSR count). The first kappa shape index (κ1) is 13.4. The summed E-state index contributed by atoms with van der Waals surface area (Å²) < 4.78 is 5.36. The minimum absolute atomic E-state index is 0.389. The SMILES string of the molecule is COc1c(NN)ncnc1NC(C)C1CC2CCC1C2. The highest BCUT2D eigenvalue weighted by atomic mass is 16.5. The van der Waals surface area contributed by atoms with Crippen LogP contribution in [-0.2, 0) is 0 Å². The van der Waals surface area contributed by atoms with Gasteiger partial charge in [-0.25, -0.2) is 15.8 Å². The predicted molar refractivity (Wildman–Crippen MR) is 78.4 cm³/mol. The molecule has 4 atom stereocenters. The third-order valence-corrected chi connectivity index (χ3v) is 4.94. The lowest BCUT2D eigenvalue weighted by molar-refractivity contribution is 0.303. The van der Waals surface area contributed by atoms with Gasteiger partial charge in [-0.15, -0.1) is 0 Å². The van der Waals surface area contributed by atoms with Crippen LogP contribution in [0.4, 0.5) is 11.6 Å². The third kappa shape index (κ3) is 2.28. The summed E-state index contributed by atoms with van der Waals surface area (Å²) in [7, 11) is 1.60. The summed E-state index contributed by atoms with van der Waals surface area (Å²) in [5.41, 5.74) is 2.54. The van der Waals surface area contributed by atoms with Gasteiger partial charge >= 0.3 is 0 Å². The highest BCUT2D eigenvalue weighted by molar-refractivity contribution is 5.63. The molecule has 6 heteroatoms. The number of fused-ring (bicyclic) bond motifs is 2. The summed E-state index contributed by atoms with van der Waals surface area (Å²) in [5, 5.41) is 3.49. The molecule has 4 unspecified atom stereocenters. The van der Waals surface area contributed by atoms with E-state index in [1.54, 1.807) is 7.11 Å². The molecular formula is C14H23N5O. The molecule has 0 spiro atoms. The van der Waals surface area contributed by atoms with Crippen molar-refractivity contribution in [3.8, 4) is 5.75 Å². The van der Waals surface area contributed by atoms with Gasteiger partial charge in [0.1, 0.15) is 6.33 Å². The van der Waals surface area contributed by atoms with Crippen molar-refractivity contribution in [3.05, 3.63) is 6.33 Å². The Morgan fingerprint density at radius 1 is 1.30 bits per heavy atom. The van der Waals surface area contributed by atoms with Crippen LogP contribution in [0.2, 0.25) is 0 Å². The molecule has 2 aliphatic rings. The monoisotopic (exact) mass is 277 g/mol. The first-order valence-corrected chi connectivity index (χ1v) is 7.35. The summed E-state index contributed by atoms with van der Waals surface area (Å²) in [4.78, 5) is 8.35. The number of aromatic nitrogens is 2. The van der Waals surface area contributed by atoms with Gasteiger partial charge in [0.05, 0.1) is 7.11 Å². The first-order valence-electron chi connectivity index (χ1n) is 7.35. The molecular weight excluding hydrogens is 254 g/mol. The second-order valence-corrected chi connectivity index (χ2v) is 6.02. The van der Waals surface area contributed by atoms with Crippen LogP contribution < -0.4 is 21.3 Å². The van der Waals surface area contributed by atoms with Crippen molar-refractivity contribution in [2.24, 2.45) is 23.6 Å². The van der Waals surface area contributed by atoms with Crippen molar-refractivity contribution in [2.45, 2.75) is 38.6 Å². The average molecular weight is 277 g/mol. The van der Waals surface area contributed by atoms with E-state index in [4.69, 9.17) is 10.6 Å². The van der Waals surface area contributed by atoms with E-state index >= 15 is 0 Å². The van der Waals surface area contributed by atoms with Crippen molar-refractivity contribution in [1.82, 2.24) is 9.97 Å². The van der Waals surface area contributed by atoms with Gasteiger partial charge in [-0.3, -0.25) is 0 Å². The van der Waals surface area contributed by atoms with E-state index in [1.165, 1.54) is 32.0 Å². The van der Waals surface area contributed by atoms with Gasteiger partial charge in [-0.1, -0.05) is 6.42 Å². The maximum atomic E-state index is 5.45. The average Bonchev–Trinajstić information content (AvgIpc) is 3.09. The smallest absolute Gasteiger partial charge is 0.205 e. The zero-order chi connectivity index (χ0) is 14.1. The van der Waals surface area contributed by atoms with Gasteiger partial charge < -0.3 is 15.5 Å². The van der Waals surface area contributed by atoms with Crippen LogP contribution in [0.15, 0.2) is 6.33 Å². The number of nitrogens with zero attached hydrogens (tertiary/aromatic N) is 2. The Bertz CT molecular complexity index is 481. The zero-order valence-corrected chi connectivity index (χ0v) is 12.1. The van der Waals surface area contributed by atoms with Crippen molar-refractivity contribution >= 4 is 11.6 Å². The molecule has 2 aliphatic carbocycles. The molecule has 0 aromatic carbocycles. The van der Waals surface area contributed by atoms with E-state index in [1.807, 2.05) is 0 Å². The molecule has 1 aromatic rings. The fourth-order valence-corrected chi connectivity index (χ4v) is 4.00. The highest BCUT2D eigenvalue weighted by Gasteiger charge is 2.42. The second-order valence-electron chi connectivity index (χ2n) is 6.02. The zero-order valence-electron chi connectivity index (χ0n) is 12.1. The molecule has 1 aromatic heterocycles. The predicted octanol–water partition coefficient (Wildman–Crippen LogP) is 2.01. The minimum Gasteiger partial charge on any atom is -0.490 e. The molecule has 110 valence electrons. The van der Waals surface area contributed by atoms with Crippen LogP contribution in [0.3, 0.4) is 0 Å². The molecule has 2 fully saturated rings. The summed E-state index contributed by atoms with van der Waals surface area (Å²) in [6.45, 7) is 2.24. The molecule has 4 N–H and O–H groups in total. The molecule has 1 heterocycles. The van der Waals surface area contributed by atoms with E-state index in [9.17, 15) is 0 Å². The van der Waals surface area contributed by atoms with Crippen molar-refractivity contribution < 1.29 is 4.74 Å². The third-order valence-electron chi connectivity index (χ3n) is 4.94. The Morgan fingerprint density at radius 3 is 2.70 bits per heavy atom. The maximum Gasteiger partial charge on any atom is 0.205 e. The van der Waals surface area contributed by atoms with Crippen LogP contribution in [0.5, 0.6) is 5.75 Å². The van der Waals surface area contributed by atoms with Crippen LogP contribution >= 0.6 is 0 Å². The van der Waals surface area contributed by atoms with Gasteiger partial charge in [0.25, 0.3) is 0 Å². The van der Waals surface area contributed by atoms with Gasteiger partial charge in [0.2, 0.25) is 5.75 Å². The van der Waals surface area contributed by atoms with Crippen LogP contribution in [0.1, 0.15) is 32.6 Å². The molecule has 2 bridgehead atoms. The van der Waals surface area contributed by atoms with Gasteiger partial charge in [-0.05, 0) is 43.9 Å². The van der Waals surface area contributed by atoms with E-state index in [-0.39, 0.29) is 0 Å². The summed E-state index contributed by atoms with van der Waals surface area (Å²) in [6.07, 6.45) is 7.05. The Morgan fingerprint density at radius 2 is 2.10 bits per heavy atom. The van der Waals surface area contributed by atoms with E-state index in [0.29, 0.717) is 23.4 Å². The summed E-state index contributed by atoms with van der Waals surface area (Å²) in [6, 6.07) is 0.389. The van der Waals surface area contributed by atoms with Crippen molar-refractivity contribution in [1.29, 1.82) is 0 Å². The Hall–Kier alpha value is -1.56. The summed E-state index contributed by atoms with van der Waals surface area (Å²) in [5.74, 6) is 9.80. The van der Waals surface area contributed by atoms with Gasteiger partial charge in [-0.2, -0.15) is 0 Å². The summed E-state index contributed by atoms with van der Waals surface area (Å²) >= 11 is 0. The number of ether oxygens (including phenoxy) is 1. The largest absolute Gasteiger partial charge is 0.490 e. The normalized spacial score (nSPS) is 29.2. The fraction of sp³-hybridized carbons (Fsp3) is 0.714. The molecule has 0 saturated heterocycles. The number of nitrogens with two attached hydrogens (primary N) is 1. The highest BCUT2D eigenvalue weighted by Crippen LogP contribution is 2.50. The number of anilines is 2. The van der Waals surface area contributed by atoms with Crippen LogP contribution in [-0.4, -0.2) is 23.1 Å². The Kier molecular flexibility index (Phi) is 3.65. The second kappa shape index (κ2) is 5.44. The Balaban J connectivity index is 1.74. The number of nitrogens with one attached hydrogen (secondary N) is 2.